The second-order valence-electron chi connectivity index (χ2n) is 4.58. The van der Waals surface area contributed by atoms with Gasteiger partial charge in [0.25, 0.3) is 0 Å². The molecule has 0 aromatic carbocycles. The third-order valence-corrected chi connectivity index (χ3v) is 4.83. The van der Waals surface area contributed by atoms with Crippen molar-refractivity contribution in [1.29, 1.82) is 0 Å². The van der Waals surface area contributed by atoms with Gasteiger partial charge in [-0.05, 0) is 32.6 Å². The average molecular weight is 311 g/mol. The van der Waals surface area contributed by atoms with Crippen LogP contribution in [0.1, 0.15) is 27.2 Å². The van der Waals surface area contributed by atoms with Crippen LogP contribution in [-0.4, -0.2) is 56.6 Å². The first-order valence-corrected chi connectivity index (χ1v) is 9.64. The zero-order valence-corrected chi connectivity index (χ0v) is 13.8. The number of rotatable bonds is 10. The van der Waals surface area contributed by atoms with E-state index in [1.165, 1.54) is 6.26 Å². The summed E-state index contributed by atoms with van der Waals surface area (Å²) < 4.78 is 27.0. The lowest BCUT2D eigenvalue weighted by molar-refractivity contribution is -0.150. The van der Waals surface area contributed by atoms with Crippen LogP contribution in [0.25, 0.3) is 0 Å². The predicted molar refractivity (Wildman–Crippen MR) is 80.4 cm³/mol. The zero-order chi connectivity index (χ0) is 14.9. The largest absolute Gasteiger partial charge is 0.465 e. The minimum atomic E-state index is -2.90. The van der Waals surface area contributed by atoms with Crippen molar-refractivity contribution in [2.45, 2.75) is 32.7 Å². The Bertz CT molecular complexity index is 370. The number of carbonyl (C=O) groups is 1. The minimum Gasteiger partial charge on any atom is -0.465 e. The van der Waals surface area contributed by atoms with E-state index in [0.717, 1.165) is 5.75 Å². The number of nitrogens with one attached hydrogen (secondary N) is 1. The molecule has 0 radical (unpaired) electrons. The molecule has 0 aliphatic heterocycles. The lowest BCUT2D eigenvalue weighted by Gasteiger charge is -2.27. The van der Waals surface area contributed by atoms with Crippen molar-refractivity contribution >= 4 is 27.6 Å². The van der Waals surface area contributed by atoms with E-state index >= 15 is 0 Å². The molecule has 0 aliphatic carbocycles. The molecular formula is C12H25NO4S2. The van der Waals surface area contributed by atoms with Crippen molar-refractivity contribution in [2.75, 3.05) is 36.7 Å². The maximum atomic E-state index is 11.9. The maximum absolute atomic E-state index is 11.9. The molecule has 0 rings (SSSR count). The molecule has 0 bridgehead atoms. The van der Waals surface area contributed by atoms with Crippen LogP contribution < -0.4 is 5.32 Å². The van der Waals surface area contributed by atoms with E-state index < -0.39 is 15.4 Å². The van der Waals surface area contributed by atoms with Crippen molar-refractivity contribution in [3.8, 4) is 0 Å². The third kappa shape index (κ3) is 8.49. The molecule has 0 amide bonds. The molecule has 0 aromatic rings. The van der Waals surface area contributed by atoms with Crippen LogP contribution in [0.15, 0.2) is 0 Å². The van der Waals surface area contributed by atoms with Crippen LogP contribution in [0.3, 0.4) is 0 Å². The normalized spacial score (nSPS) is 14.9. The lowest BCUT2D eigenvalue weighted by atomic mass is 9.99. The molecule has 114 valence electrons. The molecule has 1 atom stereocenters. The molecule has 0 fully saturated rings. The van der Waals surface area contributed by atoms with Crippen molar-refractivity contribution in [2.24, 2.45) is 0 Å². The average Bonchev–Trinajstić information content (AvgIpc) is 2.27. The van der Waals surface area contributed by atoms with Gasteiger partial charge in [0, 0.05) is 12.0 Å². The van der Waals surface area contributed by atoms with Gasteiger partial charge in [-0.3, -0.25) is 4.79 Å². The first-order valence-electron chi connectivity index (χ1n) is 6.43. The molecule has 1 unspecified atom stereocenters. The summed E-state index contributed by atoms with van der Waals surface area (Å²) in [5, 5.41) is 3.14. The Balaban J connectivity index is 4.18. The fraction of sp³-hybridized carbons (Fsp3) is 0.917. The number of thioether (sulfide) groups is 1. The number of ether oxygens (including phenoxy) is 1. The van der Waals surface area contributed by atoms with E-state index in [9.17, 15) is 13.2 Å². The van der Waals surface area contributed by atoms with Gasteiger partial charge in [0.1, 0.15) is 15.4 Å². The molecule has 0 spiro atoms. The Morgan fingerprint density at radius 3 is 2.42 bits per heavy atom. The Morgan fingerprint density at radius 2 is 1.95 bits per heavy atom. The van der Waals surface area contributed by atoms with E-state index in [0.29, 0.717) is 25.3 Å². The smallest absolute Gasteiger partial charge is 0.326 e. The van der Waals surface area contributed by atoms with Crippen molar-refractivity contribution in [1.82, 2.24) is 5.32 Å². The van der Waals surface area contributed by atoms with Gasteiger partial charge in [-0.1, -0.05) is 6.92 Å². The monoisotopic (exact) mass is 311 g/mol. The SMILES string of the molecule is CCNC(C)(CCSCCS(C)(=O)=O)C(=O)OCC. The number of likely N-dealkylation sites (N-methyl/N-ethyl adjacent to an activating group) is 1. The van der Waals surface area contributed by atoms with Gasteiger partial charge in [-0.2, -0.15) is 11.8 Å². The number of hydrogen-bond donors (Lipinski definition) is 1. The molecule has 0 heterocycles. The highest BCUT2D eigenvalue weighted by molar-refractivity contribution is 8.00. The third-order valence-electron chi connectivity index (χ3n) is 2.64. The summed E-state index contributed by atoms with van der Waals surface area (Å²) in [4.78, 5) is 11.9. The fourth-order valence-electron chi connectivity index (χ4n) is 1.53. The molecule has 0 saturated carbocycles. The first-order chi connectivity index (χ1) is 8.75. The fourth-order valence-corrected chi connectivity index (χ4v) is 3.97. The van der Waals surface area contributed by atoms with E-state index in [2.05, 4.69) is 5.32 Å². The van der Waals surface area contributed by atoms with E-state index in [-0.39, 0.29) is 11.7 Å². The van der Waals surface area contributed by atoms with Crippen LogP contribution >= 0.6 is 11.8 Å². The minimum absolute atomic E-state index is 0.176. The number of esters is 1. The predicted octanol–water partition coefficient (Wildman–Crippen LogP) is 1.09. The summed E-state index contributed by atoms with van der Waals surface area (Å²) in [5.74, 6) is 1.21. The Kier molecular flexibility index (Phi) is 8.69. The molecule has 5 nitrogen and oxygen atoms in total. The summed E-state index contributed by atoms with van der Waals surface area (Å²) in [7, 11) is -2.90. The van der Waals surface area contributed by atoms with Gasteiger partial charge in [0.2, 0.25) is 0 Å². The van der Waals surface area contributed by atoms with Crippen molar-refractivity contribution < 1.29 is 17.9 Å². The molecule has 0 saturated heterocycles. The zero-order valence-electron chi connectivity index (χ0n) is 12.2. The summed E-state index contributed by atoms with van der Waals surface area (Å²) in [6.45, 7) is 6.59. The Morgan fingerprint density at radius 1 is 1.32 bits per heavy atom. The number of hydrogen-bond acceptors (Lipinski definition) is 6. The highest BCUT2D eigenvalue weighted by Crippen LogP contribution is 2.16. The van der Waals surface area contributed by atoms with E-state index in [1.807, 2.05) is 13.8 Å². The van der Waals surface area contributed by atoms with Gasteiger partial charge in [-0.25, -0.2) is 8.42 Å². The number of carbonyl (C=O) groups excluding carboxylic acids is 1. The Hall–Kier alpha value is -0.270. The van der Waals surface area contributed by atoms with Crippen LogP contribution in [0, 0.1) is 0 Å². The van der Waals surface area contributed by atoms with Crippen LogP contribution in [0.2, 0.25) is 0 Å². The molecule has 19 heavy (non-hydrogen) atoms. The van der Waals surface area contributed by atoms with Gasteiger partial charge in [0.15, 0.2) is 0 Å². The highest BCUT2D eigenvalue weighted by Gasteiger charge is 2.33. The topological polar surface area (TPSA) is 72.5 Å². The summed E-state index contributed by atoms with van der Waals surface area (Å²) >= 11 is 1.54. The van der Waals surface area contributed by atoms with Crippen molar-refractivity contribution in [3.63, 3.8) is 0 Å². The molecule has 1 N–H and O–H groups in total. The maximum Gasteiger partial charge on any atom is 0.326 e. The number of sulfone groups is 1. The van der Waals surface area contributed by atoms with Gasteiger partial charge in [-0.15, -0.1) is 0 Å². The van der Waals surface area contributed by atoms with E-state index in [4.69, 9.17) is 4.74 Å². The summed E-state index contributed by atoms with van der Waals surface area (Å²) in [6.07, 6.45) is 1.85. The van der Waals surface area contributed by atoms with E-state index in [1.54, 1.807) is 18.7 Å². The standard InChI is InChI=1S/C12H25NO4S2/c1-5-13-12(3,11(14)17-6-2)7-8-18-9-10-19(4,15)16/h13H,5-10H2,1-4H3. The van der Waals surface area contributed by atoms with Crippen LogP contribution in [0.5, 0.6) is 0 Å². The second-order valence-corrected chi connectivity index (χ2v) is 8.06. The highest BCUT2D eigenvalue weighted by atomic mass is 32.2. The summed E-state index contributed by atoms with van der Waals surface area (Å²) in [6, 6.07) is 0. The quantitative estimate of drug-likeness (QED) is 0.481. The molecule has 0 aliphatic rings. The molecular weight excluding hydrogens is 286 g/mol. The van der Waals surface area contributed by atoms with Crippen LogP contribution in [-0.2, 0) is 19.4 Å². The Labute approximate surface area is 120 Å². The van der Waals surface area contributed by atoms with Gasteiger partial charge >= 0.3 is 5.97 Å². The first kappa shape index (κ1) is 18.7. The molecule has 0 aromatic heterocycles. The second kappa shape index (κ2) is 8.81. The van der Waals surface area contributed by atoms with Gasteiger partial charge in [0.05, 0.1) is 12.4 Å². The molecule has 7 heteroatoms. The summed E-state index contributed by atoms with van der Waals surface area (Å²) in [5.41, 5.74) is -0.692. The van der Waals surface area contributed by atoms with Crippen LogP contribution in [0.4, 0.5) is 0 Å². The lowest BCUT2D eigenvalue weighted by Crippen LogP contribution is -2.50. The van der Waals surface area contributed by atoms with Crippen molar-refractivity contribution in [3.05, 3.63) is 0 Å². The van der Waals surface area contributed by atoms with Gasteiger partial charge < -0.3 is 10.1 Å².